The smallest absolute Gasteiger partial charge is 0.422 e. The van der Waals surface area contributed by atoms with Gasteiger partial charge in [-0.15, -0.1) is 0 Å². The molecule has 0 unspecified atom stereocenters. The highest BCUT2D eigenvalue weighted by Crippen LogP contribution is 2.36. The molecule has 0 aliphatic carbocycles. The quantitative estimate of drug-likeness (QED) is 0.850. The highest BCUT2D eigenvalue weighted by molar-refractivity contribution is 5.58. The Bertz CT molecular complexity index is 520. The van der Waals surface area contributed by atoms with Crippen LogP contribution < -0.4 is 9.64 Å². The average Bonchev–Trinajstić information content (AvgIpc) is 2.54. The van der Waals surface area contributed by atoms with Crippen molar-refractivity contribution in [2.24, 2.45) is 0 Å². The van der Waals surface area contributed by atoms with Crippen LogP contribution in [0.3, 0.4) is 0 Å². The van der Waals surface area contributed by atoms with Crippen LogP contribution in [0.15, 0.2) is 24.3 Å². The van der Waals surface area contributed by atoms with Crippen LogP contribution in [0.2, 0.25) is 0 Å². The molecule has 7 heteroatoms. The molecule has 0 radical (unpaired) electrons. The second-order valence-corrected chi connectivity index (χ2v) is 5.82. The van der Waals surface area contributed by atoms with Crippen molar-refractivity contribution in [1.29, 1.82) is 0 Å². The predicted molar refractivity (Wildman–Crippen MR) is 78.7 cm³/mol. The van der Waals surface area contributed by atoms with Gasteiger partial charge in [-0.25, -0.2) is 0 Å². The molecule has 2 saturated heterocycles. The highest BCUT2D eigenvalue weighted by atomic mass is 19.4. The van der Waals surface area contributed by atoms with E-state index < -0.39 is 18.6 Å². The van der Waals surface area contributed by atoms with Crippen LogP contribution in [0.4, 0.5) is 18.9 Å². The summed E-state index contributed by atoms with van der Waals surface area (Å²) in [5.74, 6) is -0.262. The predicted octanol–water partition coefficient (Wildman–Crippen LogP) is 3.36. The largest absolute Gasteiger partial charge is 0.482 e. The summed E-state index contributed by atoms with van der Waals surface area (Å²) in [6.45, 7) is 1.43. The Morgan fingerprint density at radius 2 is 1.74 bits per heavy atom. The van der Waals surface area contributed by atoms with Crippen molar-refractivity contribution >= 4 is 5.69 Å². The van der Waals surface area contributed by atoms with E-state index in [0.29, 0.717) is 44.8 Å². The van der Waals surface area contributed by atoms with E-state index >= 15 is 0 Å². The SMILES string of the molecule is FC(F)(F)COc1ccccc1N1CCC2(CC1)OCCCO2. The molecule has 23 heavy (non-hydrogen) atoms. The van der Waals surface area contributed by atoms with Gasteiger partial charge >= 0.3 is 6.18 Å². The number of anilines is 1. The van der Waals surface area contributed by atoms with Gasteiger partial charge in [-0.2, -0.15) is 13.2 Å². The fourth-order valence-electron chi connectivity index (χ4n) is 2.99. The maximum atomic E-state index is 12.4. The van der Waals surface area contributed by atoms with Crippen molar-refractivity contribution < 1.29 is 27.4 Å². The van der Waals surface area contributed by atoms with Crippen molar-refractivity contribution in [3.05, 3.63) is 24.3 Å². The van der Waals surface area contributed by atoms with Crippen LogP contribution in [0, 0.1) is 0 Å². The monoisotopic (exact) mass is 331 g/mol. The Balaban J connectivity index is 1.66. The molecule has 128 valence electrons. The van der Waals surface area contributed by atoms with Crippen LogP contribution in [-0.2, 0) is 9.47 Å². The molecule has 3 rings (SSSR count). The van der Waals surface area contributed by atoms with Gasteiger partial charge in [0, 0.05) is 25.9 Å². The van der Waals surface area contributed by atoms with Crippen LogP contribution in [0.1, 0.15) is 19.3 Å². The third-order valence-corrected chi connectivity index (χ3v) is 4.14. The third-order valence-electron chi connectivity index (χ3n) is 4.14. The van der Waals surface area contributed by atoms with E-state index in [0.717, 1.165) is 6.42 Å². The lowest BCUT2D eigenvalue weighted by Gasteiger charge is -2.44. The molecule has 0 atom stereocenters. The summed E-state index contributed by atoms with van der Waals surface area (Å²) in [6, 6.07) is 6.83. The van der Waals surface area contributed by atoms with Gasteiger partial charge in [0.25, 0.3) is 0 Å². The number of piperidine rings is 1. The van der Waals surface area contributed by atoms with Crippen LogP contribution in [-0.4, -0.2) is 44.9 Å². The van der Waals surface area contributed by atoms with E-state index in [1.807, 2.05) is 4.90 Å². The fourth-order valence-corrected chi connectivity index (χ4v) is 2.99. The molecular weight excluding hydrogens is 311 g/mol. The van der Waals surface area contributed by atoms with Crippen molar-refractivity contribution in [2.75, 3.05) is 37.8 Å². The zero-order valence-electron chi connectivity index (χ0n) is 12.8. The Labute approximate surface area is 133 Å². The number of nitrogens with zero attached hydrogens (tertiary/aromatic N) is 1. The summed E-state index contributed by atoms with van der Waals surface area (Å²) in [6.07, 6.45) is -2.05. The number of para-hydroxylation sites is 2. The Morgan fingerprint density at radius 1 is 1.09 bits per heavy atom. The number of hydrogen-bond acceptors (Lipinski definition) is 4. The minimum Gasteiger partial charge on any atom is -0.482 e. The second-order valence-electron chi connectivity index (χ2n) is 5.82. The van der Waals surface area contributed by atoms with E-state index in [4.69, 9.17) is 14.2 Å². The van der Waals surface area contributed by atoms with Gasteiger partial charge in [0.2, 0.25) is 0 Å². The first-order valence-electron chi connectivity index (χ1n) is 7.79. The summed E-state index contributed by atoms with van der Waals surface area (Å²) in [4.78, 5) is 2.03. The molecule has 2 fully saturated rings. The number of benzene rings is 1. The third kappa shape index (κ3) is 4.09. The molecule has 0 amide bonds. The lowest BCUT2D eigenvalue weighted by molar-refractivity contribution is -0.275. The first-order chi connectivity index (χ1) is 11.0. The van der Waals surface area contributed by atoms with Gasteiger partial charge in [-0.05, 0) is 18.6 Å². The summed E-state index contributed by atoms with van der Waals surface area (Å²) in [5, 5.41) is 0. The summed E-state index contributed by atoms with van der Waals surface area (Å²) < 4.78 is 53.7. The van der Waals surface area contributed by atoms with E-state index in [1.54, 1.807) is 24.3 Å². The summed E-state index contributed by atoms with van der Waals surface area (Å²) >= 11 is 0. The number of alkyl halides is 3. The molecule has 2 aliphatic rings. The molecule has 2 aliphatic heterocycles. The number of halogens is 3. The normalized spacial score (nSPS) is 21.4. The van der Waals surface area contributed by atoms with Gasteiger partial charge < -0.3 is 19.1 Å². The van der Waals surface area contributed by atoms with Gasteiger partial charge in [0.15, 0.2) is 12.4 Å². The molecule has 1 spiro atoms. The molecule has 4 nitrogen and oxygen atoms in total. The van der Waals surface area contributed by atoms with Gasteiger partial charge in [0.1, 0.15) is 5.75 Å². The van der Waals surface area contributed by atoms with Crippen LogP contribution >= 0.6 is 0 Å². The summed E-state index contributed by atoms with van der Waals surface area (Å²) in [7, 11) is 0. The highest BCUT2D eigenvalue weighted by Gasteiger charge is 2.39. The van der Waals surface area contributed by atoms with E-state index in [2.05, 4.69) is 0 Å². The molecule has 0 aromatic heterocycles. The first kappa shape index (κ1) is 16.4. The van der Waals surface area contributed by atoms with Crippen molar-refractivity contribution in [1.82, 2.24) is 0 Å². The zero-order chi connectivity index (χ0) is 16.3. The standard InChI is InChI=1S/C16H20F3NO3/c17-16(18,19)12-21-14-5-2-1-4-13(14)20-8-6-15(7-9-20)22-10-3-11-23-15/h1-2,4-5H,3,6-12H2. The van der Waals surface area contributed by atoms with Crippen molar-refractivity contribution in [3.63, 3.8) is 0 Å². The topological polar surface area (TPSA) is 30.9 Å². The zero-order valence-corrected chi connectivity index (χ0v) is 12.8. The second kappa shape index (κ2) is 6.57. The average molecular weight is 331 g/mol. The minimum absolute atomic E-state index is 0.256. The number of rotatable bonds is 3. The summed E-state index contributed by atoms with van der Waals surface area (Å²) in [5.41, 5.74) is 0.683. The maximum absolute atomic E-state index is 12.4. The van der Waals surface area contributed by atoms with E-state index in [9.17, 15) is 13.2 Å². The van der Waals surface area contributed by atoms with E-state index in [1.165, 1.54) is 0 Å². The molecular formula is C16H20F3NO3. The molecule has 0 saturated carbocycles. The van der Waals surface area contributed by atoms with Gasteiger partial charge in [0.05, 0.1) is 18.9 Å². The molecule has 2 heterocycles. The first-order valence-corrected chi connectivity index (χ1v) is 7.79. The maximum Gasteiger partial charge on any atom is 0.422 e. The lowest BCUT2D eigenvalue weighted by Crippen LogP contribution is -2.50. The molecule has 0 bridgehead atoms. The Kier molecular flexibility index (Phi) is 4.68. The minimum atomic E-state index is -4.34. The van der Waals surface area contributed by atoms with Gasteiger partial charge in [-0.1, -0.05) is 12.1 Å². The Hall–Kier alpha value is -1.47. The molecule has 1 aromatic carbocycles. The number of ether oxygens (including phenoxy) is 3. The molecule has 1 aromatic rings. The van der Waals surface area contributed by atoms with E-state index in [-0.39, 0.29) is 5.75 Å². The van der Waals surface area contributed by atoms with Crippen molar-refractivity contribution in [2.45, 2.75) is 31.2 Å². The van der Waals surface area contributed by atoms with Crippen LogP contribution in [0.25, 0.3) is 0 Å². The van der Waals surface area contributed by atoms with Crippen molar-refractivity contribution in [3.8, 4) is 5.75 Å². The number of hydrogen-bond donors (Lipinski definition) is 0. The molecule has 0 N–H and O–H groups in total. The fraction of sp³-hybridized carbons (Fsp3) is 0.625. The van der Waals surface area contributed by atoms with Crippen LogP contribution in [0.5, 0.6) is 5.75 Å². The Morgan fingerprint density at radius 3 is 2.39 bits per heavy atom. The van der Waals surface area contributed by atoms with Gasteiger partial charge in [-0.3, -0.25) is 0 Å². The lowest BCUT2D eigenvalue weighted by atomic mass is 10.0.